The van der Waals surface area contributed by atoms with Crippen molar-refractivity contribution >= 4 is 5.91 Å². The van der Waals surface area contributed by atoms with Gasteiger partial charge in [0.15, 0.2) is 0 Å². The largest absolute Gasteiger partial charge is 0.336 e. The minimum atomic E-state index is 0.324. The molecular weight excluding hydrogens is 250 g/mol. The van der Waals surface area contributed by atoms with Gasteiger partial charge in [0, 0.05) is 24.7 Å². The summed E-state index contributed by atoms with van der Waals surface area (Å²) in [6.45, 7) is 10.2. The van der Waals surface area contributed by atoms with Gasteiger partial charge in [0.25, 0.3) is 0 Å². The van der Waals surface area contributed by atoms with E-state index in [2.05, 4.69) is 35.9 Å². The first-order valence-electron chi connectivity index (χ1n) is 8.38. The van der Waals surface area contributed by atoms with Crippen molar-refractivity contribution in [2.75, 3.05) is 26.2 Å². The maximum Gasteiger partial charge on any atom is 0.237 e. The number of carbonyl (C=O) groups excluding carboxylic acids is 1. The number of rotatable bonds is 5. The van der Waals surface area contributed by atoms with Gasteiger partial charge in [-0.1, -0.05) is 6.92 Å². The number of hydrogen-bond donors (Lipinski definition) is 1. The van der Waals surface area contributed by atoms with Crippen molar-refractivity contribution in [1.29, 1.82) is 0 Å². The summed E-state index contributed by atoms with van der Waals surface area (Å²) < 4.78 is 0. The molecule has 2 saturated heterocycles. The predicted molar refractivity (Wildman–Crippen MR) is 82.8 cm³/mol. The van der Waals surface area contributed by atoms with E-state index in [1.165, 1.54) is 19.3 Å². The van der Waals surface area contributed by atoms with E-state index < -0.39 is 0 Å². The third-order valence-electron chi connectivity index (χ3n) is 4.93. The first-order valence-corrected chi connectivity index (χ1v) is 8.38. The number of likely N-dealkylation sites (tertiary alicyclic amines) is 1. The normalized spacial score (nSPS) is 31.0. The number of carbonyl (C=O) groups is 1. The third kappa shape index (κ3) is 3.95. The predicted octanol–water partition coefficient (Wildman–Crippen LogP) is 1.85. The molecule has 0 aromatic rings. The first-order chi connectivity index (χ1) is 9.61. The van der Waals surface area contributed by atoms with Crippen molar-refractivity contribution in [1.82, 2.24) is 15.1 Å². The van der Waals surface area contributed by atoms with E-state index in [1.807, 2.05) is 0 Å². The SMILES string of the molecule is CCN(CC(=O)N1C(C)CCCC1C)CC1CCCN1. The Balaban J connectivity index is 1.87. The van der Waals surface area contributed by atoms with Crippen LogP contribution in [-0.2, 0) is 4.79 Å². The number of hydrogen-bond acceptors (Lipinski definition) is 3. The highest BCUT2D eigenvalue weighted by Gasteiger charge is 2.30. The van der Waals surface area contributed by atoms with Gasteiger partial charge in [0.05, 0.1) is 6.54 Å². The highest BCUT2D eigenvalue weighted by molar-refractivity contribution is 5.79. The van der Waals surface area contributed by atoms with Crippen molar-refractivity contribution in [3.63, 3.8) is 0 Å². The van der Waals surface area contributed by atoms with Crippen LogP contribution >= 0.6 is 0 Å². The van der Waals surface area contributed by atoms with E-state index in [9.17, 15) is 4.79 Å². The summed E-state index contributed by atoms with van der Waals surface area (Å²) in [5.41, 5.74) is 0. The lowest BCUT2D eigenvalue weighted by molar-refractivity contribution is -0.138. The highest BCUT2D eigenvalue weighted by atomic mass is 16.2. The lowest BCUT2D eigenvalue weighted by atomic mass is 9.97. The van der Waals surface area contributed by atoms with Gasteiger partial charge in [-0.3, -0.25) is 9.69 Å². The van der Waals surface area contributed by atoms with Crippen LogP contribution in [0.25, 0.3) is 0 Å². The molecule has 2 aliphatic heterocycles. The Bertz CT molecular complexity index is 305. The zero-order valence-corrected chi connectivity index (χ0v) is 13.4. The van der Waals surface area contributed by atoms with Gasteiger partial charge in [-0.2, -0.15) is 0 Å². The summed E-state index contributed by atoms with van der Waals surface area (Å²) >= 11 is 0. The Hall–Kier alpha value is -0.610. The fourth-order valence-electron chi connectivity index (χ4n) is 3.72. The number of likely N-dealkylation sites (N-methyl/N-ethyl adjacent to an activating group) is 1. The molecule has 0 aromatic carbocycles. The maximum atomic E-state index is 12.6. The second-order valence-electron chi connectivity index (χ2n) is 6.55. The molecule has 0 saturated carbocycles. The van der Waals surface area contributed by atoms with Crippen LogP contribution in [0.3, 0.4) is 0 Å². The van der Waals surface area contributed by atoms with Gasteiger partial charge in [0.1, 0.15) is 0 Å². The average molecular weight is 281 g/mol. The van der Waals surface area contributed by atoms with Gasteiger partial charge in [-0.15, -0.1) is 0 Å². The van der Waals surface area contributed by atoms with E-state index in [0.717, 1.165) is 32.5 Å². The molecule has 2 fully saturated rings. The molecule has 116 valence electrons. The lowest BCUT2D eigenvalue weighted by Crippen LogP contribution is -2.52. The van der Waals surface area contributed by atoms with Crippen molar-refractivity contribution < 1.29 is 4.79 Å². The van der Waals surface area contributed by atoms with E-state index in [0.29, 0.717) is 30.6 Å². The number of amides is 1. The second kappa shape index (κ2) is 7.41. The van der Waals surface area contributed by atoms with Gasteiger partial charge < -0.3 is 10.2 Å². The van der Waals surface area contributed by atoms with Crippen LogP contribution in [0.2, 0.25) is 0 Å². The van der Waals surface area contributed by atoms with E-state index in [-0.39, 0.29) is 0 Å². The highest BCUT2D eigenvalue weighted by Crippen LogP contribution is 2.22. The molecular formula is C16H31N3O. The Morgan fingerprint density at radius 1 is 1.20 bits per heavy atom. The average Bonchev–Trinajstić information content (AvgIpc) is 2.90. The summed E-state index contributed by atoms with van der Waals surface area (Å²) in [7, 11) is 0. The molecule has 20 heavy (non-hydrogen) atoms. The van der Waals surface area contributed by atoms with E-state index in [4.69, 9.17) is 0 Å². The lowest BCUT2D eigenvalue weighted by Gasteiger charge is -2.40. The quantitative estimate of drug-likeness (QED) is 0.835. The van der Waals surface area contributed by atoms with Crippen molar-refractivity contribution in [2.24, 2.45) is 0 Å². The number of nitrogens with zero attached hydrogens (tertiary/aromatic N) is 2. The van der Waals surface area contributed by atoms with Crippen molar-refractivity contribution in [2.45, 2.75) is 71.0 Å². The van der Waals surface area contributed by atoms with Crippen molar-refractivity contribution in [3.05, 3.63) is 0 Å². The Kier molecular flexibility index (Phi) is 5.85. The molecule has 4 nitrogen and oxygen atoms in total. The molecule has 0 aliphatic carbocycles. The van der Waals surface area contributed by atoms with Gasteiger partial charge >= 0.3 is 0 Å². The first kappa shape index (κ1) is 15.8. The fraction of sp³-hybridized carbons (Fsp3) is 0.938. The zero-order valence-electron chi connectivity index (χ0n) is 13.4. The van der Waals surface area contributed by atoms with Crippen LogP contribution in [0.1, 0.15) is 52.9 Å². The van der Waals surface area contributed by atoms with E-state index in [1.54, 1.807) is 0 Å². The summed E-state index contributed by atoms with van der Waals surface area (Å²) in [6.07, 6.45) is 6.10. The number of nitrogens with one attached hydrogen (secondary N) is 1. The van der Waals surface area contributed by atoms with Crippen LogP contribution in [0, 0.1) is 0 Å². The monoisotopic (exact) mass is 281 g/mol. The Labute approximate surface area is 123 Å². The molecule has 1 amide bonds. The fourth-order valence-corrected chi connectivity index (χ4v) is 3.72. The molecule has 0 aromatic heterocycles. The van der Waals surface area contributed by atoms with Crippen LogP contribution in [0.15, 0.2) is 0 Å². The molecule has 2 rings (SSSR count). The molecule has 0 spiro atoms. The minimum Gasteiger partial charge on any atom is -0.336 e. The molecule has 1 N–H and O–H groups in total. The topological polar surface area (TPSA) is 35.6 Å². The molecule has 3 unspecified atom stereocenters. The minimum absolute atomic E-state index is 0.324. The van der Waals surface area contributed by atoms with Gasteiger partial charge in [-0.25, -0.2) is 0 Å². The van der Waals surface area contributed by atoms with E-state index >= 15 is 0 Å². The zero-order chi connectivity index (χ0) is 14.5. The standard InChI is InChI=1S/C16H31N3O/c1-4-18(11-15-9-6-10-17-15)12-16(20)19-13(2)7-5-8-14(19)3/h13-15,17H,4-12H2,1-3H3. The molecule has 4 heteroatoms. The van der Waals surface area contributed by atoms with Crippen LogP contribution in [0.4, 0.5) is 0 Å². The van der Waals surface area contributed by atoms with Crippen LogP contribution in [0.5, 0.6) is 0 Å². The summed E-state index contributed by atoms with van der Waals surface area (Å²) in [4.78, 5) is 17.1. The summed E-state index contributed by atoms with van der Waals surface area (Å²) in [5.74, 6) is 0.324. The number of piperidine rings is 1. The Morgan fingerprint density at radius 2 is 1.90 bits per heavy atom. The third-order valence-corrected chi connectivity index (χ3v) is 4.93. The Morgan fingerprint density at radius 3 is 2.45 bits per heavy atom. The second-order valence-corrected chi connectivity index (χ2v) is 6.55. The van der Waals surface area contributed by atoms with Crippen LogP contribution in [-0.4, -0.2) is 60.0 Å². The molecule has 2 aliphatic rings. The molecule has 0 radical (unpaired) electrons. The smallest absolute Gasteiger partial charge is 0.237 e. The summed E-state index contributed by atoms with van der Waals surface area (Å²) in [6, 6.07) is 1.41. The van der Waals surface area contributed by atoms with Crippen molar-refractivity contribution in [3.8, 4) is 0 Å². The molecule has 0 bridgehead atoms. The summed E-state index contributed by atoms with van der Waals surface area (Å²) in [5, 5.41) is 3.53. The van der Waals surface area contributed by atoms with Gasteiger partial charge in [-0.05, 0) is 59.0 Å². The molecule has 3 atom stereocenters. The van der Waals surface area contributed by atoms with Gasteiger partial charge in [0.2, 0.25) is 5.91 Å². The van der Waals surface area contributed by atoms with Crippen LogP contribution < -0.4 is 5.32 Å². The molecule has 2 heterocycles. The maximum absolute atomic E-state index is 12.6.